The highest BCUT2D eigenvalue weighted by atomic mass is 32.1. The standard InChI is InChI=1S/C20H24N6S/c1-10(2)16-18(15-6-7-27-13(15)5)23-17-12(4)25-26-20(17)19(16)21-8-14-9-22-24-11(14)3/h6-7,9-10H,8H2,1-5H3,(H,21,23)(H,22,24)(H,25,26). The molecule has 0 bridgehead atoms. The van der Waals surface area contributed by atoms with Crippen molar-refractivity contribution in [1.82, 2.24) is 25.4 Å². The molecule has 140 valence electrons. The van der Waals surface area contributed by atoms with Crippen LogP contribution in [0.2, 0.25) is 0 Å². The summed E-state index contributed by atoms with van der Waals surface area (Å²) in [4.78, 5) is 6.32. The molecular formula is C20H24N6S. The molecule has 4 rings (SSSR count). The predicted octanol–water partition coefficient (Wildman–Crippen LogP) is 5.07. The average molecular weight is 381 g/mol. The van der Waals surface area contributed by atoms with Crippen molar-refractivity contribution >= 4 is 28.1 Å². The number of nitrogens with zero attached hydrogens (tertiary/aromatic N) is 3. The van der Waals surface area contributed by atoms with E-state index in [2.05, 4.69) is 57.9 Å². The third-order valence-electron chi connectivity index (χ3n) is 4.98. The van der Waals surface area contributed by atoms with Crippen LogP contribution in [0.1, 0.15) is 47.2 Å². The number of fused-ring (bicyclic) bond motifs is 1. The Bertz CT molecular complexity index is 1100. The van der Waals surface area contributed by atoms with E-state index in [0.29, 0.717) is 12.5 Å². The van der Waals surface area contributed by atoms with Gasteiger partial charge in [0.1, 0.15) is 11.0 Å². The fourth-order valence-electron chi connectivity index (χ4n) is 3.48. The van der Waals surface area contributed by atoms with Gasteiger partial charge >= 0.3 is 0 Å². The molecule has 4 aromatic rings. The maximum atomic E-state index is 5.04. The second kappa shape index (κ2) is 6.81. The van der Waals surface area contributed by atoms with Gasteiger partial charge in [-0.15, -0.1) is 11.3 Å². The predicted molar refractivity (Wildman–Crippen MR) is 111 cm³/mol. The lowest BCUT2D eigenvalue weighted by Gasteiger charge is -2.19. The molecule has 0 unspecified atom stereocenters. The number of aromatic nitrogens is 5. The van der Waals surface area contributed by atoms with Gasteiger partial charge in [-0.25, -0.2) is 4.98 Å². The monoisotopic (exact) mass is 380 g/mol. The van der Waals surface area contributed by atoms with Gasteiger partial charge < -0.3 is 5.32 Å². The van der Waals surface area contributed by atoms with E-state index in [0.717, 1.165) is 39.4 Å². The Morgan fingerprint density at radius 1 is 1.15 bits per heavy atom. The van der Waals surface area contributed by atoms with Crippen LogP contribution < -0.4 is 5.32 Å². The van der Waals surface area contributed by atoms with Crippen LogP contribution in [-0.4, -0.2) is 25.4 Å². The van der Waals surface area contributed by atoms with Gasteiger partial charge in [0.25, 0.3) is 0 Å². The third-order valence-corrected chi connectivity index (χ3v) is 5.83. The summed E-state index contributed by atoms with van der Waals surface area (Å²) >= 11 is 1.75. The normalized spacial score (nSPS) is 11.6. The van der Waals surface area contributed by atoms with Crippen molar-refractivity contribution in [3.63, 3.8) is 0 Å². The molecule has 0 saturated carbocycles. The molecule has 0 atom stereocenters. The number of hydrogen-bond acceptors (Lipinski definition) is 5. The fraction of sp³-hybridized carbons (Fsp3) is 0.350. The Morgan fingerprint density at radius 2 is 1.96 bits per heavy atom. The number of pyridine rings is 1. The van der Waals surface area contributed by atoms with Crippen molar-refractivity contribution in [2.45, 2.75) is 47.1 Å². The van der Waals surface area contributed by atoms with Crippen LogP contribution in [0.5, 0.6) is 0 Å². The molecule has 6 nitrogen and oxygen atoms in total. The molecule has 0 aliphatic heterocycles. The largest absolute Gasteiger partial charge is 0.379 e. The zero-order chi connectivity index (χ0) is 19.1. The number of anilines is 1. The zero-order valence-corrected chi connectivity index (χ0v) is 17.1. The number of thiophene rings is 1. The van der Waals surface area contributed by atoms with Crippen LogP contribution in [0.25, 0.3) is 22.3 Å². The second-order valence-electron chi connectivity index (χ2n) is 7.19. The molecule has 4 heterocycles. The van der Waals surface area contributed by atoms with Gasteiger partial charge in [-0.05, 0) is 38.1 Å². The first-order chi connectivity index (χ1) is 13.0. The van der Waals surface area contributed by atoms with Crippen LogP contribution >= 0.6 is 11.3 Å². The molecule has 27 heavy (non-hydrogen) atoms. The molecule has 0 aliphatic carbocycles. The Labute approximate surface area is 162 Å². The molecular weight excluding hydrogens is 356 g/mol. The smallest absolute Gasteiger partial charge is 0.134 e. The molecule has 4 aromatic heterocycles. The van der Waals surface area contributed by atoms with E-state index in [-0.39, 0.29) is 0 Å². The molecule has 0 spiro atoms. The Kier molecular flexibility index (Phi) is 4.47. The van der Waals surface area contributed by atoms with Crippen molar-refractivity contribution in [2.75, 3.05) is 5.32 Å². The summed E-state index contributed by atoms with van der Waals surface area (Å²) in [7, 11) is 0. The molecule has 0 amide bonds. The number of aromatic amines is 2. The Morgan fingerprint density at radius 3 is 2.59 bits per heavy atom. The Balaban J connectivity index is 1.93. The lowest BCUT2D eigenvalue weighted by molar-refractivity contribution is 0.863. The van der Waals surface area contributed by atoms with E-state index in [1.54, 1.807) is 11.3 Å². The minimum absolute atomic E-state index is 0.307. The van der Waals surface area contributed by atoms with Gasteiger partial charge in [-0.1, -0.05) is 13.8 Å². The minimum atomic E-state index is 0.307. The van der Waals surface area contributed by atoms with Crippen LogP contribution in [0.3, 0.4) is 0 Å². The lowest BCUT2D eigenvalue weighted by Crippen LogP contribution is -2.08. The first-order valence-electron chi connectivity index (χ1n) is 9.13. The summed E-state index contributed by atoms with van der Waals surface area (Å²) in [6, 6.07) is 2.17. The van der Waals surface area contributed by atoms with E-state index in [1.807, 2.05) is 20.0 Å². The molecule has 0 fully saturated rings. The first-order valence-corrected chi connectivity index (χ1v) is 10.0. The maximum Gasteiger partial charge on any atom is 0.134 e. The molecule has 0 aliphatic rings. The number of H-pyrrole nitrogens is 2. The molecule has 7 heteroatoms. The van der Waals surface area contributed by atoms with Crippen molar-refractivity contribution < 1.29 is 0 Å². The molecule has 0 aromatic carbocycles. The van der Waals surface area contributed by atoms with E-state index in [4.69, 9.17) is 4.98 Å². The summed E-state index contributed by atoms with van der Waals surface area (Å²) < 4.78 is 0. The van der Waals surface area contributed by atoms with Gasteiger partial charge in [0.05, 0.1) is 22.8 Å². The molecule has 0 saturated heterocycles. The van der Waals surface area contributed by atoms with Crippen LogP contribution in [0, 0.1) is 20.8 Å². The van der Waals surface area contributed by atoms with E-state index >= 15 is 0 Å². The van der Waals surface area contributed by atoms with E-state index < -0.39 is 0 Å². The Hall–Kier alpha value is -2.67. The van der Waals surface area contributed by atoms with Gasteiger partial charge in [0, 0.05) is 34.3 Å². The highest BCUT2D eigenvalue weighted by molar-refractivity contribution is 7.10. The fourth-order valence-corrected chi connectivity index (χ4v) is 4.18. The molecule has 0 radical (unpaired) electrons. The van der Waals surface area contributed by atoms with Crippen molar-refractivity contribution in [3.8, 4) is 11.3 Å². The lowest BCUT2D eigenvalue weighted by atomic mass is 9.94. The van der Waals surface area contributed by atoms with Gasteiger partial charge in [0.15, 0.2) is 0 Å². The van der Waals surface area contributed by atoms with Crippen LogP contribution in [0.15, 0.2) is 17.6 Å². The summed E-state index contributed by atoms with van der Waals surface area (Å²) in [5.74, 6) is 0.307. The van der Waals surface area contributed by atoms with E-state index in [1.165, 1.54) is 16.0 Å². The minimum Gasteiger partial charge on any atom is -0.379 e. The van der Waals surface area contributed by atoms with Gasteiger partial charge in [0.2, 0.25) is 0 Å². The number of rotatable bonds is 5. The highest BCUT2D eigenvalue weighted by Gasteiger charge is 2.23. The van der Waals surface area contributed by atoms with Crippen molar-refractivity contribution in [1.29, 1.82) is 0 Å². The summed E-state index contributed by atoms with van der Waals surface area (Å²) in [5.41, 5.74) is 9.47. The van der Waals surface area contributed by atoms with Crippen LogP contribution in [-0.2, 0) is 6.54 Å². The summed E-state index contributed by atoms with van der Waals surface area (Å²) in [6.07, 6.45) is 1.94. The maximum absolute atomic E-state index is 5.04. The zero-order valence-electron chi connectivity index (χ0n) is 16.3. The average Bonchev–Trinajstić information content (AvgIpc) is 3.33. The number of hydrogen-bond donors (Lipinski definition) is 3. The molecule has 3 N–H and O–H groups in total. The summed E-state index contributed by atoms with van der Waals surface area (Å²) in [5, 5.41) is 20.6. The second-order valence-corrected chi connectivity index (χ2v) is 8.31. The van der Waals surface area contributed by atoms with Gasteiger partial charge in [-0.3, -0.25) is 10.2 Å². The SMILES string of the molecule is Cc1n[nH]cc1CNc1c(C(C)C)c(-c2ccsc2C)nc2c(C)[nH]nc12. The third kappa shape index (κ3) is 3.02. The van der Waals surface area contributed by atoms with Crippen LogP contribution in [0.4, 0.5) is 5.69 Å². The number of nitrogens with one attached hydrogen (secondary N) is 3. The number of aryl methyl sites for hydroxylation is 3. The van der Waals surface area contributed by atoms with E-state index in [9.17, 15) is 0 Å². The highest BCUT2D eigenvalue weighted by Crippen LogP contribution is 2.40. The first kappa shape index (κ1) is 17.7. The van der Waals surface area contributed by atoms with Gasteiger partial charge in [-0.2, -0.15) is 10.2 Å². The quantitative estimate of drug-likeness (QED) is 0.451. The van der Waals surface area contributed by atoms with Crippen molar-refractivity contribution in [3.05, 3.63) is 45.0 Å². The van der Waals surface area contributed by atoms with Crippen molar-refractivity contribution in [2.24, 2.45) is 0 Å². The topological polar surface area (TPSA) is 82.3 Å². The summed E-state index contributed by atoms with van der Waals surface area (Å²) in [6.45, 7) is 11.3.